The number of esters is 1. The van der Waals surface area contributed by atoms with Crippen LogP contribution < -0.4 is 10.2 Å². The highest BCUT2D eigenvalue weighted by atomic mass is 32.2. The van der Waals surface area contributed by atoms with Crippen molar-refractivity contribution in [3.05, 3.63) is 11.1 Å². The lowest BCUT2D eigenvalue weighted by Gasteiger charge is -2.28. The van der Waals surface area contributed by atoms with Crippen molar-refractivity contribution in [2.24, 2.45) is 5.92 Å². The number of morpholine rings is 1. The molecule has 0 radical (unpaired) electrons. The number of amides is 1. The van der Waals surface area contributed by atoms with Crippen molar-refractivity contribution in [2.75, 3.05) is 48.9 Å². The number of hydrogen-bond acceptors (Lipinski definition) is 10. The van der Waals surface area contributed by atoms with Crippen LogP contribution in [0.5, 0.6) is 0 Å². The molecule has 1 amide bonds. The fourth-order valence-electron chi connectivity index (χ4n) is 3.00. The molecule has 0 atom stereocenters. The van der Waals surface area contributed by atoms with Crippen LogP contribution in [-0.2, 0) is 32.0 Å². The molecule has 1 fully saturated rings. The van der Waals surface area contributed by atoms with E-state index < -0.39 is 0 Å². The Bertz CT molecular complexity index is 879. The summed E-state index contributed by atoms with van der Waals surface area (Å²) in [5, 5.41) is 14.4. The third-order valence-corrected chi connectivity index (χ3v) is 6.07. The smallest absolute Gasteiger partial charge is 0.311 e. The SMILES string of the molecule is CCOC(=O)Cc1csc(NC(=O)CSc2nnc(N3CCOCC3)n2CC(C)C)n1. The van der Waals surface area contributed by atoms with E-state index in [2.05, 4.69) is 43.8 Å². The zero-order chi connectivity index (χ0) is 22.2. The largest absolute Gasteiger partial charge is 0.466 e. The van der Waals surface area contributed by atoms with Crippen LogP contribution >= 0.6 is 23.1 Å². The minimum Gasteiger partial charge on any atom is -0.466 e. The third-order valence-electron chi connectivity index (χ3n) is 4.30. The Morgan fingerprint density at radius 1 is 1.32 bits per heavy atom. The van der Waals surface area contributed by atoms with Crippen LogP contribution in [0.4, 0.5) is 11.1 Å². The molecule has 2 aromatic heterocycles. The Morgan fingerprint density at radius 3 is 2.81 bits per heavy atom. The van der Waals surface area contributed by atoms with Gasteiger partial charge in [0.1, 0.15) is 0 Å². The summed E-state index contributed by atoms with van der Waals surface area (Å²) in [6.07, 6.45) is 0.0948. The summed E-state index contributed by atoms with van der Waals surface area (Å²) in [6, 6.07) is 0. The summed E-state index contributed by atoms with van der Waals surface area (Å²) in [4.78, 5) is 30.4. The minimum absolute atomic E-state index is 0.0948. The molecule has 3 rings (SSSR count). The highest BCUT2D eigenvalue weighted by Gasteiger charge is 2.22. The zero-order valence-electron chi connectivity index (χ0n) is 18.0. The number of thiazole rings is 1. The Kier molecular flexibility index (Phi) is 8.67. The van der Waals surface area contributed by atoms with E-state index in [1.807, 2.05) is 0 Å². The average molecular weight is 469 g/mol. The van der Waals surface area contributed by atoms with Gasteiger partial charge in [-0.05, 0) is 12.8 Å². The lowest BCUT2D eigenvalue weighted by molar-refractivity contribution is -0.142. The van der Waals surface area contributed by atoms with Gasteiger partial charge in [-0.2, -0.15) is 0 Å². The van der Waals surface area contributed by atoms with Crippen LogP contribution in [0.3, 0.4) is 0 Å². The molecule has 0 bridgehead atoms. The maximum absolute atomic E-state index is 12.4. The van der Waals surface area contributed by atoms with Crippen LogP contribution in [0, 0.1) is 5.92 Å². The average Bonchev–Trinajstić information content (AvgIpc) is 3.33. The zero-order valence-corrected chi connectivity index (χ0v) is 19.6. The van der Waals surface area contributed by atoms with Gasteiger partial charge in [0.2, 0.25) is 11.9 Å². The third kappa shape index (κ3) is 6.91. The predicted molar refractivity (Wildman–Crippen MR) is 120 cm³/mol. The second kappa shape index (κ2) is 11.4. The van der Waals surface area contributed by atoms with Crippen LogP contribution in [0.1, 0.15) is 26.5 Å². The second-order valence-electron chi connectivity index (χ2n) is 7.35. The summed E-state index contributed by atoms with van der Waals surface area (Å²) >= 11 is 2.63. The topological polar surface area (TPSA) is 111 Å². The molecule has 31 heavy (non-hydrogen) atoms. The van der Waals surface area contributed by atoms with E-state index in [4.69, 9.17) is 9.47 Å². The quantitative estimate of drug-likeness (QED) is 0.414. The van der Waals surface area contributed by atoms with Crippen molar-refractivity contribution >= 4 is 46.1 Å². The first-order chi connectivity index (χ1) is 15.0. The van der Waals surface area contributed by atoms with E-state index in [0.29, 0.717) is 41.7 Å². The molecule has 12 heteroatoms. The molecule has 0 spiro atoms. The summed E-state index contributed by atoms with van der Waals surface area (Å²) in [5.74, 6) is 0.906. The fourth-order valence-corrected chi connectivity index (χ4v) is 4.47. The van der Waals surface area contributed by atoms with E-state index >= 15 is 0 Å². The van der Waals surface area contributed by atoms with Gasteiger partial charge in [-0.25, -0.2) is 4.98 Å². The Labute approximate surface area is 189 Å². The van der Waals surface area contributed by atoms with Gasteiger partial charge in [0.15, 0.2) is 10.3 Å². The number of anilines is 2. The van der Waals surface area contributed by atoms with Crippen molar-refractivity contribution in [3.8, 4) is 0 Å². The lowest BCUT2D eigenvalue weighted by atomic mass is 10.2. The fraction of sp³-hybridized carbons (Fsp3) is 0.632. The number of aromatic nitrogens is 4. The van der Waals surface area contributed by atoms with Gasteiger partial charge in [-0.3, -0.25) is 14.2 Å². The molecule has 1 saturated heterocycles. The summed E-state index contributed by atoms with van der Waals surface area (Å²) in [6.45, 7) is 10.0. The molecule has 0 saturated carbocycles. The van der Waals surface area contributed by atoms with Gasteiger partial charge in [0.05, 0.1) is 37.7 Å². The normalized spacial score (nSPS) is 14.1. The Morgan fingerprint density at radius 2 is 2.10 bits per heavy atom. The Balaban J connectivity index is 1.57. The molecule has 3 heterocycles. The number of nitrogens with zero attached hydrogens (tertiary/aromatic N) is 5. The lowest BCUT2D eigenvalue weighted by Crippen LogP contribution is -2.38. The highest BCUT2D eigenvalue weighted by molar-refractivity contribution is 7.99. The van der Waals surface area contributed by atoms with Gasteiger partial charge >= 0.3 is 5.97 Å². The highest BCUT2D eigenvalue weighted by Crippen LogP contribution is 2.24. The van der Waals surface area contributed by atoms with E-state index in [1.165, 1.54) is 23.1 Å². The predicted octanol–water partition coefficient (Wildman–Crippen LogP) is 2.06. The van der Waals surface area contributed by atoms with Crippen LogP contribution in [-0.4, -0.2) is 70.3 Å². The van der Waals surface area contributed by atoms with Crippen molar-refractivity contribution in [3.63, 3.8) is 0 Å². The number of carbonyl (C=O) groups is 2. The maximum Gasteiger partial charge on any atom is 0.311 e. The maximum atomic E-state index is 12.4. The summed E-state index contributed by atoms with van der Waals surface area (Å²) < 4.78 is 12.4. The van der Waals surface area contributed by atoms with Crippen molar-refractivity contribution < 1.29 is 19.1 Å². The molecule has 2 aromatic rings. The molecule has 170 valence electrons. The molecule has 0 aromatic carbocycles. The molecule has 0 unspecified atom stereocenters. The number of nitrogens with one attached hydrogen (secondary N) is 1. The standard InChI is InChI=1S/C19H28N6O4S2/c1-4-29-16(27)9-14-11-30-17(20-14)21-15(26)12-31-19-23-22-18(25(19)10-13(2)3)24-5-7-28-8-6-24/h11,13H,4-10,12H2,1-3H3,(H,20,21,26). The van der Waals surface area contributed by atoms with Crippen LogP contribution in [0.2, 0.25) is 0 Å². The Hall–Kier alpha value is -2.18. The molecule has 10 nitrogen and oxygen atoms in total. The van der Waals surface area contributed by atoms with Crippen molar-refractivity contribution in [2.45, 2.75) is 38.9 Å². The molecular formula is C19H28N6O4S2. The molecule has 1 N–H and O–H groups in total. The van der Waals surface area contributed by atoms with Crippen molar-refractivity contribution in [1.82, 2.24) is 19.7 Å². The minimum atomic E-state index is -0.332. The van der Waals surface area contributed by atoms with E-state index in [0.717, 1.165) is 25.6 Å². The molecule has 1 aliphatic heterocycles. The van der Waals surface area contributed by atoms with Gasteiger partial charge < -0.3 is 19.7 Å². The monoisotopic (exact) mass is 468 g/mol. The molecule has 0 aliphatic carbocycles. The first kappa shape index (κ1) is 23.5. The van der Waals surface area contributed by atoms with Gasteiger partial charge in [0, 0.05) is 25.0 Å². The number of rotatable bonds is 10. The van der Waals surface area contributed by atoms with E-state index in [-0.39, 0.29) is 24.1 Å². The number of carbonyl (C=O) groups excluding carboxylic acids is 2. The first-order valence-electron chi connectivity index (χ1n) is 10.2. The summed E-state index contributed by atoms with van der Waals surface area (Å²) in [7, 11) is 0. The number of ether oxygens (including phenoxy) is 2. The van der Waals surface area contributed by atoms with Gasteiger partial charge in [-0.15, -0.1) is 21.5 Å². The second-order valence-corrected chi connectivity index (χ2v) is 9.15. The number of hydrogen-bond donors (Lipinski definition) is 1. The van der Waals surface area contributed by atoms with Crippen LogP contribution in [0.15, 0.2) is 10.5 Å². The molecule has 1 aliphatic rings. The van der Waals surface area contributed by atoms with E-state index in [1.54, 1.807) is 12.3 Å². The van der Waals surface area contributed by atoms with E-state index in [9.17, 15) is 9.59 Å². The van der Waals surface area contributed by atoms with Crippen LogP contribution in [0.25, 0.3) is 0 Å². The van der Waals surface area contributed by atoms with Gasteiger partial charge in [-0.1, -0.05) is 25.6 Å². The number of thioether (sulfide) groups is 1. The van der Waals surface area contributed by atoms with Crippen molar-refractivity contribution in [1.29, 1.82) is 0 Å². The molecular weight excluding hydrogens is 440 g/mol. The first-order valence-corrected chi connectivity index (χ1v) is 12.1. The summed E-state index contributed by atoms with van der Waals surface area (Å²) in [5.41, 5.74) is 0.582. The van der Waals surface area contributed by atoms with Gasteiger partial charge in [0.25, 0.3) is 0 Å².